The van der Waals surface area contributed by atoms with E-state index in [0.29, 0.717) is 12.5 Å². The Morgan fingerprint density at radius 3 is 2.67 bits per heavy atom. The normalized spacial score (nSPS) is 15.2. The number of nitrogens with two attached hydrogens (primary N) is 1. The van der Waals surface area contributed by atoms with Gasteiger partial charge in [-0.3, -0.25) is 0 Å². The van der Waals surface area contributed by atoms with Crippen molar-refractivity contribution in [3.8, 4) is 12.3 Å². The van der Waals surface area contributed by atoms with E-state index in [9.17, 15) is 12.8 Å². The van der Waals surface area contributed by atoms with Crippen LogP contribution in [0.4, 0.5) is 4.39 Å². The molecule has 114 valence electrons. The molecule has 1 fully saturated rings. The zero-order chi connectivity index (χ0) is 15.6. The van der Waals surface area contributed by atoms with Crippen LogP contribution in [-0.4, -0.2) is 25.8 Å². The highest BCUT2D eigenvalue weighted by Gasteiger charge is 2.33. The zero-order valence-electron chi connectivity index (χ0n) is 11.4. The van der Waals surface area contributed by atoms with Crippen LogP contribution in [0.2, 0.25) is 5.02 Å². The lowest BCUT2D eigenvalue weighted by Gasteiger charge is -2.20. The number of terminal acetylenes is 1. The van der Waals surface area contributed by atoms with Crippen LogP contribution >= 0.6 is 11.6 Å². The first-order valence-corrected chi connectivity index (χ1v) is 8.33. The van der Waals surface area contributed by atoms with Crippen LogP contribution in [0.15, 0.2) is 17.0 Å². The lowest BCUT2D eigenvalue weighted by Crippen LogP contribution is -2.34. The average Bonchev–Trinajstić information content (AvgIpc) is 3.24. The van der Waals surface area contributed by atoms with Gasteiger partial charge >= 0.3 is 0 Å². The molecule has 0 atom stereocenters. The molecule has 0 heterocycles. The molecule has 0 saturated heterocycles. The van der Waals surface area contributed by atoms with Gasteiger partial charge in [0, 0.05) is 23.7 Å². The quantitative estimate of drug-likeness (QED) is 0.811. The maximum absolute atomic E-state index is 14.3. The maximum Gasteiger partial charge on any atom is 0.246 e. The lowest BCUT2D eigenvalue weighted by atomic mass is 10.2. The third kappa shape index (κ3) is 3.55. The van der Waals surface area contributed by atoms with Gasteiger partial charge in [-0.15, -0.1) is 6.42 Å². The molecule has 0 aromatic heterocycles. The Balaban J connectivity index is 2.46. The number of halogens is 2. The van der Waals surface area contributed by atoms with Crippen LogP contribution in [0.1, 0.15) is 18.4 Å². The van der Waals surface area contributed by atoms with E-state index in [4.69, 9.17) is 23.8 Å². The standard InChI is InChI=1S/C14H16ClFN2O2S/c1-2-5-18(9-10-3-4-10)21(19,20)13-7-12(15)6-11(8-17)14(13)16/h1,6-7,10H,3-5,8-9,17H2. The minimum atomic E-state index is -4.03. The average molecular weight is 331 g/mol. The maximum atomic E-state index is 14.3. The van der Waals surface area contributed by atoms with Crippen molar-refractivity contribution in [2.24, 2.45) is 11.7 Å². The molecule has 2 N–H and O–H groups in total. The number of sulfonamides is 1. The van der Waals surface area contributed by atoms with Gasteiger partial charge in [-0.25, -0.2) is 12.8 Å². The van der Waals surface area contributed by atoms with Gasteiger partial charge in [-0.1, -0.05) is 17.5 Å². The van der Waals surface area contributed by atoms with Crippen molar-refractivity contribution in [3.63, 3.8) is 0 Å². The van der Waals surface area contributed by atoms with E-state index < -0.39 is 20.7 Å². The fraction of sp³-hybridized carbons (Fsp3) is 0.429. The van der Waals surface area contributed by atoms with Gasteiger partial charge in [0.1, 0.15) is 10.7 Å². The summed E-state index contributed by atoms with van der Waals surface area (Å²) in [7, 11) is -4.03. The molecule has 1 aliphatic rings. The van der Waals surface area contributed by atoms with Crippen molar-refractivity contribution in [1.29, 1.82) is 0 Å². The number of hydrogen-bond donors (Lipinski definition) is 1. The van der Waals surface area contributed by atoms with Gasteiger partial charge in [0.05, 0.1) is 6.54 Å². The van der Waals surface area contributed by atoms with Crippen molar-refractivity contribution in [3.05, 3.63) is 28.5 Å². The molecule has 0 radical (unpaired) electrons. The molecule has 0 spiro atoms. The summed E-state index contributed by atoms with van der Waals surface area (Å²) in [4.78, 5) is -0.466. The van der Waals surface area contributed by atoms with Gasteiger partial charge in [0.15, 0.2) is 0 Å². The predicted octanol–water partition coefficient (Wildman–Crippen LogP) is 1.97. The second kappa shape index (κ2) is 6.32. The van der Waals surface area contributed by atoms with Crippen molar-refractivity contribution in [1.82, 2.24) is 4.31 Å². The monoisotopic (exact) mass is 330 g/mol. The highest BCUT2D eigenvalue weighted by atomic mass is 35.5. The topological polar surface area (TPSA) is 63.4 Å². The molecule has 1 aromatic rings. The molecular weight excluding hydrogens is 315 g/mol. The first-order valence-electron chi connectivity index (χ1n) is 6.51. The molecule has 4 nitrogen and oxygen atoms in total. The van der Waals surface area contributed by atoms with Crippen LogP contribution in [0.3, 0.4) is 0 Å². The molecule has 2 rings (SSSR count). The fourth-order valence-corrected chi connectivity index (χ4v) is 3.90. The Hall–Kier alpha value is -1.13. The predicted molar refractivity (Wildman–Crippen MR) is 79.6 cm³/mol. The molecule has 7 heteroatoms. The van der Waals surface area contributed by atoms with Gasteiger partial charge in [0.2, 0.25) is 10.0 Å². The summed E-state index contributed by atoms with van der Waals surface area (Å²) in [6.07, 6.45) is 7.15. The van der Waals surface area contributed by atoms with Crippen LogP contribution in [0, 0.1) is 24.1 Å². The molecule has 0 aliphatic heterocycles. The SMILES string of the molecule is C#CCN(CC1CC1)S(=O)(=O)c1cc(Cl)cc(CN)c1F. The summed E-state index contributed by atoms with van der Waals surface area (Å²) in [6, 6.07) is 2.42. The van der Waals surface area contributed by atoms with Gasteiger partial charge < -0.3 is 5.73 Å². The van der Waals surface area contributed by atoms with E-state index in [0.717, 1.165) is 23.2 Å². The van der Waals surface area contributed by atoms with Gasteiger partial charge in [-0.2, -0.15) is 4.31 Å². The number of rotatable bonds is 6. The molecule has 0 unspecified atom stereocenters. The Morgan fingerprint density at radius 2 is 2.14 bits per heavy atom. The highest BCUT2D eigenvalue weighted by Crippen LogP contribution is 2.33. The third-order valence-electron chi connectivity index (χ3n) is 3.34. The van der Waals surface area contributed by atoms with Gasteiger partial charge in [0.25, 0.3) is 0 Å². The van der Waals surface area contributed by atoms with E-state index in [1.165, 1.54) is 6.07 Å². The molecule has 0 bridgehead atoms. The first kappa shape index (κ1) is 16.2. The molecule has 1 saturated carbocycles. The second-order valence-electron chi connectivity index (χ2n) is 5.03. The number of hydrogen-bond acceptors (Lipinski definition) is 3. The summed E-state index contributed by atoms with van der Waals surface area (Å²) >= 11 is 5.86. The van der Waals surface area contributed by atoms with Crippen LogP contribution < -0.4 is 5.73 Å². The van der Waals surface area contributed by atoms with Gasteiger partial charge in [-0.05, 0) is 30.9 Å². The van der Waals surface area contributed by atoms with Crippen LogP contribution in [-0.2, 0) is 16.6 Å². The lowest BCUT2D eigenvalue weighted by molar-refractivity contribution is 0.425. The van der Waals surface area contributed by atoms with E-state index in [-0.39, 0.29) is 23.7 Å². The molecule has 1 aromatic carbocycles. The Bertz CT molecular complexity index is 681. The molecule has 1 aliphatic carbocycles. The van der Waals surface area contributed by atoms with E-state index in [1.807, 2.05) is 0 Å². The molecule has 0 amide bonds. The summed E-state index contributed by atoms with van der Waals surface area (Å²) < 4.78 is 40.7. The molecular formula is C14H16ClFN2O2S. The summed E-state index contributed by atoms with van der Waals surface area (Å²) in [6.45, 7) is 0.0753. The minimum absolute atomic E-state index is 0.0631. The highest BCUT2D eigenvalue weighted by molar-refractivity contribution is 7.89. The summed E-state index contributed by atoms with van der Waals surface area (Å²) in [5.41, 5.74) is 5.48. The van der Waals surface area contributed by atoms with Crippen molar-refractivity contribution in [2.75, 3.05) is 13.1 Å². The first-order chi connectivity index (χ1) is 9.90. The zero-order valence-corrected chi connectivity index (χ0v) is 12.9. The summed E-state index contributed by atoms with van der Waals surface area (Å²) in [5, 5.41) is 0.127. The molecule has 21 heavy (non-hydrogen) atoms. The van der Waals surface area contributed by atoms with Crippen molar-refractivity contribution < 1.29 is 12.8 Å². The Morgan fingerprint density at radius 1 is 1.48 bits per heavy atom. The minimum Gasteiger partial charge on any atom is -0.326 e. The third-order valence-corrected chi connectivity index (χ3v) is 5.37. The number of nitrogens with zero attached hydrogens (tertiary/aromatic N) is 1. The number of benzene rings is 1. The Labute approximate surface area is 129 Å². The van der Waals surface area contributed by atoms with E-state index in [2.05, 4.69) is 5.92 Å². The van der Waals surface area contributed by atoms with Crippen LogP contribution in [0.5, 0.6) is 0 Å². The Kier molecular flexibility index (Phi) is 4.89. The van der Waals surface area contributed by atoms with Crippen LogP contribution in [0.25, 0.3) is 0 Å². The largest absolute Gasteiger partial charge is 0.326 e. The summed E-state index contributed by atoms with van der Waals surface area (Å²) in [5.74, 6) is 1.74. The van der Waals surface area contributed by atoms with Crippen molar-refractivity contribution >= 4 is 21.6 Å². The smallest absolute Gasteiger partial charge is 0.246 e. The van der Waals surface area contributed by atoms with E-state index in [1.54, 1.807) is 0 Å². The fourth-order valence-electron chi connectivity index (χ4n) is 2.03. The van der Waals surface area contributed by atoms with Crippen molar-refractivity contribution in [2.45, 2.75) is 24.3 Å². The second-order valence-corrected chi connectivity index (χ2v) is 7.37. The van der Waals surface area contributed by atoms with E-state index >= 15 is 0 Å².